The Kier molecular flexibility index (Phi) is 4.80. The lowest BCUT2D eigenvalue weighted by Gasteiger charge is -2.20. The van der Waals surface area contributed by atoms with E-state index >= 15 is 0 Å². The molecule has 1 saturated heterocycles. The van der Waals surface area contributed by atoms with Gasteiger partial charge < -0.3 is 15.0 Å². The monoisotopic (exact) mass is 262 g/mol. The minimum atomic E-state index is 0.156. The molecule has 0 aromatic heterocycles. The van der Waals surface area contributed by atoms with Gasteiger partial charge in [0, 0.05) is 25.2 Å². The molecule has 4 heteroatoms. The predicted octanol–water partition coefficient (Wildman–Crippen LogP) is 2.19. The van der Waals surface area contributed by atoms with Crippen LogP contribution in [0.25, 0.3) is 0 Å². The van der Waals surface area contributed by atoms with Crippen LogP contribution in [0.1, 0.15) is 26.2 Å². The van der Waals surface area contributed by atoms with Gasteiger partial charge in [0.05, 0.1) is 6.61 Å². The van der Waals surface area contributed by atoms with Gasteiger partial charge in [0.15, 0.2) is 0 Å². The summed E-state index contributed by atoms with van der Waals surface area (Å²) in [5, 5.41) is 3.35. The Morgan fingerprint density at radius 1 is 1.42 bits per heavy atom. The van der Waals surface area contributed by atoms with Crippen molar-refractivity contribution in [3.05, 3.63) is 24.3 Å². The number of nitrogens with one attached hydrogen (secondary N) is 1. The molecule has 4 nitrogen and oxygen atoms in total. The molecule has 1 fully saturated rings. The highest BCUT2D eigenvalue weighted by molar-refractivity contribution is 5.93. The Morgan fingerprint density at radius 3 is 2.74 bits per heavy atom. The molecular formula is C15H22N2O2. The van der Waals surface area contributed by atoms with Crippen molar-refractivity contribution in [2.24, 2.45) is 0 Å². The number of carbonyl (C=O) groups excluding carboxylic acids is 1. The van der Waals surface area contributed by atoms with Crippen molar-refractivity contribution >= 4 is 11.6 Å². The van der Waals surface area contributed by atoms with Crippen LogP contribution in [0.3, 0.4) is 0 Å². The molecule has 1 aromatic carbocycles. The fourth-order valence-electron chi connectivity index (χ4n) is 2.36. The van der Waals surface area contributed by atoms with E-state index in [1.807, 2.05) is 38.2 Å². The van der Waals surface area contributed by atoms with E-state index in [0.717, 1.165) is 24.4 Å². The molecule has 2 rings (SSSR count). The summed E-state index contributed by atoms with van der Waals surface area (Å²) in [5.74, 6) is 0.994. The Labute approximate surface area is 114 Å². The first-order valence-corrected chi connectivity index (χ1v) is 6.93. The second kappa shape index (κ2) is 6.57. The molecule has 1 aliphatic rings. The lowest BCUT2D eigenvalue weighted by molar-refractivity contribution is -0.118. The van der Waals surface area contributed by atoms with Crippen LogP contribution >= 0.6 is 0 Å². The van der Waals surface area contributed by atoms with Gasteiger partial charge in [0.1, 0.15) is 5.75 Å². The molecule has 19 heavy (non-hydrogen) atoms. The standard InChI is InChI=1S/C15H22N2O2/c1-3-19-14-8-6-13(7-9-14)17(2)15(18)11-12-5-4-10-16-12/h6-9,12,16H,3-5,10-11H2,1-2H3. The van der Waals surface area contributed by atoms with Crippen molar-refractivity contribution < 1.29 is 9.53 Å². The quantitative estimate of drug-likeness (QED) is 0.884. The Hall–Kier alpha value is -1.55. The van der Waals surface area contributed by atoms with Crippen LogP contribution < -0.4 is 15.0 Å². The number of rotatable bonds is 5. The Balaban J connectivity index is 1.93. The van der Waals surface area contributed by atoms with Crippen molar-refractivity contribution in [3.8, 4) is 5.75 Å². The summed E-state index contributed by atoms with van der Waals surface area (Å²) < 4.78 is 5.40. The SMILES string of the molecule is CCOc1ccc(N(C)C(=O)CC2CCCN2)cc1. The maximum atomic E-state index is 12.2. The van der Waals surface area contributed by atoms with Gasteiger partial charge in [-0.05, 0) is 50.6 Å². The number of carbonyl (C=O) groups is 1. The Morgan fingerprint density at radius 2 is 2.16 bits per heavy atom. The summed E-state index contributed by atoms with van der Waals surface area (Å²) in [6.07, 6.45) is 2.84. The molecule has 104 valence electrons. The Bertz CT molecular complexity index is 411. The molecule has 1 N–H and O–H groups in total. The highest BCUT2D eigenvalue weighted by atomic mass is 16.5. The van der Waals surface area contributed by atoms with Crippen molar-refractivity contribution in [3.63, 3.8) is 0 Å². The largest absolute Gasteiger partial charge is 0.494 e. The van der Waals surface area contributed by atoms with Crippen LogP contribution in [-0.2, 0) is 4.79 Å². The molecule has 0 bridgehead atoms. The summed E-state index contributed by atoms with van der Waals surface area (Å²) in [4.78, 5) is 13.9. The summed E-state index contributed by atoms with van der Waals surface area (Å²) in [6.45, 7) is 3.64. The van der Waals surface area contributed by atoms with Crippen molar-refractivity contribution in [1.29, 1.82) is 0 Å². The zero-order valence-electron chi connectivity index (χ0n) is 11.7. The first-order valence-electron chi connectivity index (χ1n) is 6.93. The van der Waals surface area contributed by atoms with Gasteiger partial charge in [-0.1, -0.05) is 0 Å². The zero-order valence-corrected chi connectivity index (χ0v) is 11.7. The van der Waals surface area contributed by atoms with E-state index in [9.17, 15) is 4.79 Å². The number of amides is 1. The molecule has 1 amide bonds. The highest BCUT2D eigenvalue weighted by Gasteiger charge is 2.20. The fourth-order valence-corrected chi connectivity index (χ4v) is 2.36. The molecule has 1 heterocycles. The molecule has 1 aliphatic heterocycles. The summed E-state index contributed by atoms with van der Waals surface area (Å²) >= 11 is 0. The number of benzene rings is 1. The summed E-state index contributed by atoms with van der Waals surface area (Å²) in [5.41, 5.74) is 0.909. The summed E-state index contributed by atoms with van der Waals surface area (Å²) in [7, 11) is 1.83. The maximum absolute atomic E-state index is 12.2. The van der Waals surface area contributed by atoms with Gasteiger partial charge in [-0.25, -0.2) is 0 Å². The maximum Gasteiger partial charge on any atom is 0.228 e. The van der Waals surface area contributed by atoms with Gasteiger partial charge in [-0.3, -0.25) is 4.79 Å². The van der Waals surface area contributed by atoms with Crippen LogP contribution in [0.4, 0.5) is 5.69 Å². The van der Waals surface area contributed by atoms with E-state index in [4.69, 9.17) is 4.74 Å². The number of ether oxygens (including phenoxy) is 1. The average molecular weight is 262 g/mol. The molecular weight excluding hydrogens is 240 g/mol. The van der Waals surface area contributed by atoms with E-state index in [2.05, 4.69) is 5.32 Å². The number of nitrogens with zero attached hydrogens (tertiary/aromatic N) is 1. The predicted molar refractivity (Wildman–Crippen MR) is 76.7 cm³/mol. The first-order chi connectivity index (χ1) is 9.20. The molecule has 1 aromatic rings. The average Bonchev–Trinajstić information content (AvgIpc) is 2.92. The second-order valence-electron chi connectivity index (χ2n) is 4.88. The minimum absolute atomic E-state index is 0.156. The van der Waals surface area contributed by atoms with Crippen LogP contribution in [-0.4, -0.2) is 32.1 Å². The smallest absolute Gasteiger partial charge is 0.228 e. The number of hydrogen-bond acceptors (Lipinski definition) is 3. The second-order valence-corrected chi connectivity index (χ2v) is 4.88. The fraction of sp³-hybridized carbons (Fsp3) is 0.533. The first kappa shape index (κ1) is 13.9. The van der Waals surface area contributed by atoms with E-state index < -0.39 is 0 Å². The van der Waals surface area contributed by atoms with Gasteiger partial charge in [0.25, 0.3) is 0 Å². The third kappa shape index (κ3) is 3.70. The molecule has 0 spiro atoms. The number of hydrogen-bond donors (Lipinski definition) is 1. The van der Waals surface area contributed by atoms with Crippen molar-refractivity contribution in [1.82, 2.24) is 5.32 Å². The third-order valence-corrected chi connectivity index (χ3v) is 3.49. The molecule has 0 aliphatic carbocycles. The zero-order chi connectivity index (χ0) is 13.7. The minimum Gasteiger partial charge on any atom is -0.494 e. The van der Waals surface area contributed by atoms with Crippen molar-refractivity contribution in [2.75, 3.05) is 25.1 Å². The lowest BCUT2D eigenvalue weighted by atomic mass is 10.1. The third-order valence-electron chi connectivity index (χ3n) is 3.49. The van der Waals surface area contributed by atoms with Crippen LogP contribution in [0.15, 0.2) is 24.3 Å². The molecule has 0 radical (unpaired) electrons. The van der Waals surface area contributed by atoms with Crippen LogP contribution in [0.5, 0.6) is 5.75 Å². The van der Waals surface area contributed by atoms with Gasteiger partial charge in [-0.2, -0.15) is 0 Å². The van der Waals surface area contributed by atoms with Gasteiger partial charge in [0.2, 0.25) is 5.91 Å². The topological polar surface area (TPSA) is 41.6 Å². The van der Waals surface area contributed by atoms with Crippen LogP contribution in [0, 0.1) is 0 Å². The van der Waals surface area contributed by atoms with Crippen molar-refractivity contribution in [2.45, 2.75) is 32.2 Å². The van der Waals surface area contributed by atoms with Gasteiger partial charge in [-0.15, -0.1) is 0 Å². The van der Waals surface area contributed by atoms with E-state index in [1.165, 1.54) is 6.42 Å². The van der Waals surface area contributed by atoms with E-state index in [-0.39, 0.29) is 5.91 Å². The van der Waals surface area contributed by atoms with Crippen LogP contribution in [0.2, 0.25) is 0 Å². The molecule has 0 saturated carbocycles. The lowest BCUT2D eigenvalue weighted by Crippen LogP contribution is -2.33. The normalized spacial score (nSPS) is 18.3. The van der Waals surface area contributed by atoms with E-state index in [1.54, 1.807) is 4.90 Å². The van der Waals surface area contributed by atoms with Gasteiger partial charge >= 0.3 is 0 Å². The summed E-state index contributed by atoms with van der Waals surface area (Å²) in [6, 6.07) is 7.99. The highest BCUT2D eigenvalue weighted by Crippen LogP contribution is 2.20. The molecule has 1 atom stereocenters. The number of anilines is 1. The van der Waals surface area contributed by atoms with E-state index in [0.29, 0.717) is 19.1 Å². The molecule has 1 unspecified atom stereocenters.